The monoisotopic (exact) mass is 236 g/mol. The van der Waals surface area contributed by atoms with Gasteiger partial charge in [-0.25, -0.2) is 4.39 Å². The lowest BCUT2D eigenvalue weighted by Gasteiger charge is -2.26. The molecule has 1 aliphatic rings. The number of nitrogens with zero attached hydrogens (tertiary/aromatic N) is 1. The lowest BCUT2D eigenvalue weighted by molar-refractivity contribution is -0.130. The second-order valence-electron chi connectivity index (χ2n) is 4.31. The van der Waals surface area contributed by atoms with E-state index in [9.17, 15) is 9.18 Å². The van der Waals surface area contributed by atoms with Crippen molar-refractivity contribution >= 4 is 11.6 Å². The highest BCUT2D eigenvalue weighted by atomic mass is 19.1. The van der Waals surface area contributed by atoms with E-state index < -0.39 is 0 Å². The number of nitrogens with one attached hydrogen (secondary N) is 1. The van der Waals surface area contributed by atoms with Gasteiger partial charge in [0.25, 0.3) is 0 Å². The van der Waals surface area contributed by atoms with Gasteiger partial charge < -0.3 is 10.2 Å². The summed E-state index contributed by atoms with van der Waals surface area (Å²) in [7, 11) is 0. The Morgan fingerprint density at radius 2 is 2.06 bits per heavy atom. The van der Waals surface area contributed by atoms with Crippen LogP contribution < -0.4 is 5.32 Å². The first-order valence-electron chi connectivity index (χ1n) is 6.03. The van der Waals surface area contributed by atoms with E-state index in [1.54, 1.807) is 12.1 Å². The van der Waals surface area contributed by atoms with Crippen molar-refractivity contribution in [2.75, 3.05) is 25.0 Å². The van der Waals surface area contributed by atoms with Gasteiger partial charge in [-0.3, -0.25) is 4.79 Å². The van der Waals surface area contributed by atoms with Gasteiger partial charge in [-0.1, -0.05) is 6.07 Å². The molecule has 0 aromatic heterocycles. The molecule has 1 heterocycles. The van der Waals surface area contributed by atoms with Crippen LogP contribution in [0.5, 0.6) is 0 Å². The molecule has 0 bridgehead atoms. The standard InChI is InChI=1S/C13H17FN2O/c14-11-5-4-6-12(9-11)15-10-13(17)16-7-2-1-3-8-16/h4-6,9,15H,1-3,7-8,10H2. The van der Waals surface area contributed by atoms with Crippen LogP contribution in [0.2, 0.25) is 0 Å². The van der Waals surface area contributed by atoms with Crippen molar-refractivity contribution in [2.45, 2.75) is 19.3 Å². The van der Waals surface area contributed by atoms with Crippen molar-refractivity contribution in [2.24, 2.45) is 0 Å². The minimum absolute atomic E-state index is 0.0916. The largest absolute Gasteiger partial charge is 0.376 e. The van der Waals surface area contributed by atoms with Crippen molar-refractivity contribution < 1.29 is 9.18 Å². The summed E-state index contributed by atoms with van der Waals surface area (Å²) in [5, 5.41) is 2.95. The molecule has 0 unspecified atom stereocenters. The third-order valence-corrected chi connectivity index (χ3v) is 2.98. The summed E-state index contributed by atoms with van der Waals surface area (Å²) in [6.07, 6.45) is 3.39. The molecule has 0 atom stereocenters. The first-order chi connectivity index (χ1) is 8.25. The van der Waals surface area contributed by atoms with E-state index in [0.717, 1.165) is 25.9 Å². The second-order valence-corrected chi connectivity index (χ2v) is 4.31. The van der Waals surface area contributed by atoms with Crippen LogP contribution in [-0.4, -0.2) is 30.4 Å². The van der Waals surface area contributed by atoms with E-state index in [1.807, 2.05) is 4.90 Å². The zero-order chi connectivity index (χ0) is 12.1. The zero-order valence-electron chi connectivity index (χ0n) is 9.79. The number of carbonyl (C=O) groups excluding carboxylic acids is 1. The van der Waals surface area contributed by atoms with Gasteiger partial charge in [-0.2, -0.15) is 0 Å². The molecule has 4 heteroatoms. The molecule has 1 aromatic rings. The van der Waals surface area contributed by atoms with E-state index in [0.29, 0.717) is 5.69 Å². The number of benzene rings is 1. The molecular formula is C13H17FN2O. The second kappa shape index (κ2) is 5.66. The molecule has 1 amide bonds. The molecule has 0 radical (unpaired) electrons. The maximum absolute atomic E-state index is 12.9. The normalized spacial score (nSPS) is 15.7. The van der Waals surface area contributed by atoms with Gasteiger partial charge in [0.15, 0.2) is 0 Å². The molecule has 1 fully saturated rings. The van der Waals surface area contributed by atoms with Crippen LogP contribution in [0, 0.1) is 5.82 Å². The highest BCUT2D eigenvalue weighted by Crippen LogP contribution is 2.11. The van der Waals surface area contributed by atoms with Gasteiger partial charge in [-0.05, 0) is 37.5 Å². The fourth-order valence-electron chi connectivity index (χ4n) is 2.03. The summed E-state index contributed by atoms with van der Waals surface area (Å²) >= 11 is 0. The number of hydrogen-bond acceptors (Lipinski definition) is 2. The predicted molar refractivity (Wildman–Crippen MR) is 65.3 cm³/mol. The van der Waals surface area contributed by atoms with Crippen LogP contribution in [0.1, 0.15) is 19.3 Å². The van der Waals surface area contributed by atoms with Crippen molar-refractivity contribution in [1.82, 2.24) is 4.90 Å². The molecule has 2 rings (SSSR count). The molecule has 17 heavy (non-hydrogen) atoms. The van der Waals surface area contributed by atoms with Crippen LogP contribution in [-0.2, 0) is 4.79 Å². The van der Waals surface area contributed by atoms with Gasteiger partial charge in [0, 0.05) is 18.8 Å². The molecule has 1 aliphatic heterocycles. The van der Waals surface area contributed by atoms with Gasteiger partial charge >= 0.3 is 0 Å². The van der Waals surface area contributed by atoms with Crippen LogP contribution in [0.3, 0.4) is 0 Å². The average Bonchev–Trinajstić information content (AvgIpc) is 2.37. The van der Waals surface area contributed by atoms with Crippen LogP contribution in [0.4, 0.5) is 10.1 Å². The van der Waals surface area contributed by atoms with E-state index >= 15 is 0 Å². The summed E-state index contributed by atoms with van der Waals surface area (Å²) in [6, 6.07) is 6.16. The topological polar surface area (TPSA) is 32.3 Å². The average molecular weight is 236 g/mol. The third-order valence-electron chi connectivity index (χ3n) is 2.98. The number of rotatable bonds is 3. The fraction of sp³-hybridized carbons (Fsp3) is 0.462. The first kappa shape index (κ1) is 11.9. The van der Waals surface area contributed by atoms with Crippen LogP contribution >= 0.6 is 0 Å². The third kappa shape index (κ3) is 3.44. The molecule has 1 aromatic carbocycles. The van der Waals surface area contributed by atoms with Gasteiger partial charge in [0.2, 0.25) is 5.91 Å². The first-order valence-corrected chi connectivity index (χ1v) is 6.03. The maximum atomic E-state index is 12.9. The molecule has 1 N–H and O–H groups in total. The van der Waals surface area contributed by atoms with Crippen LogP contribution in [0.25, 0.3) is 0 Å². The SMILES string of the molecule is O=C(CNc1cccc(F)c1)N1CCCCC1. The van der Waals surface area contributed by atoms with Crippen molar-refractivity contribution in [3.8, 4) is 0 Å². The number of piperidine rings is 1. The van der Waals surface area contributed by atoms with E-state index in [1.165, 1.54) is 18.6 Å². The summed E-state index contributed by atoms with van der Waals surface area (Å²) < 4.78 is 12.9. The Balaban J connectivity index is 1.83. The Kier molecular flexibility index (Phi) is 3.96. The maximum Gasteiger partial charge on any atom is 0.241 e. The van der Waals surface area contributed by atoms with Crippen molar-refractivity contribution in [3.05, 3.63) is 30.1 Å². The Labute approximate surface area is 101 Å². The molecular weight excluding hydrogens is 219 g/mol. The number of hydrogen-bond donors (Lipinski definition) is 1. The smallest absolute Gasteiger partial charge is 0.241 e. The molecule has 92 valence electrons. The van der Waals surface area contributed by atoms with E-state index in [2.05, 4.69) is 5.32 Å². The zero-order valence-corrected chi connectivity index (χ0v) is 9.79. The molecule has 0 saturated carbocycles. The van der Waals surface area contributed by atoms with E-state index in [4.69, 9.17) is 0 Å². The minimum atomic E-state index is -0.291. The summed E-state index contributed by atoms with van der Waals surface area (Å²) in [5.41, 5.74) is 0.648. The summed E-state index contributed by atoms with van der Waals surface area (Å²) in [6.45, 7) is 1.94. The van der Waals surface area contributed by atoms with Gasteiger partial charge in [0.05, 0.1) is 6.54 Å². The number of halogens is 1. The fourth-order valence-corrected chi connectivity index (χ4v) is 2.03. The predicted octanol–water partition coefficient (Wildman–Crippen LogP) is 2.25. The lowest BCUT2D eigenvalue weighted by atomic mass is 10.1. The minimum Gasteiger partial charge on any atom is -0.376 e. The number of anilines is 1. The highest BCUT2D eigenvalue weighted by molar-refractivity contribution is 5.80. The molecule has 1 saturated heterocycles. The van der Waals surface area contributed by atoms with Crippen molar-refractivity contribution in [1.29, 1.82) is 0 Å². The Morgan fingerprint density at radius 3 is 2.76 bits per heavy atom. The Hall–Kier alpha value is -1.58. The summed E-state index contributed by atoms with van der Waals surface area (Å²) in [5.74, 6) is -0.200. The van der Waals surface area contributed by atoms with Crippen LogP contribution in [0.15, 0.2) is 24.3 Å². The quantitative estimate of drug-likeness (QED) is 0.873. The summed E-state index contributed by atoms with van der Waals surface area (Å²) in [4.78, 5) is 13.7. The number of carbonyl (C=O) groups is 1. The van der Waals surface area contributed by atoms with Gasteiger partial charge in [0.1, 0.15) is 5.82 Å². The number of amides is 1. The van der Waals surface area contributed by atoms with E-state index in [-0.39, 0.29) is 18.3 Å². The van der Waals surface area contributed by atoms with Crippen molar-refractivity contribution in [3.63, 3.8) is 0 Å². The highest BCUT2D eigenvalue weighted by Gasteiger charge is 2.15. The molecule has 0 spiro atoms. The number of likely N-dealkylation sites (tertiary alicyclic amines) is 1. The molecule has 3 nitrogen and oxygen atoms in total. The lowest BCUT2D eigenvalue weighted by Crippen LogP contribution is -2.39. The molecule has 0 aliphatic carbocycles. The Morgan fingerprint density at radius 1 is 1.29 bits per heavy atom. The van der Waals surface area contributed by atoms with Gasteiger partial charge in [-0.15, -0.1) is 0 Å². The Bertz CT molecular complexity index is 389.